The molecule has 2 rings (SSSR count). The summed E-state index contributed by atoms with van der Waals surface area (Å²) in [7, 11) is -3.67. The number of halogens is 1. The van der Waals surface area contributed by atoms with E-state index in [-0.39, 0.29) is 20.1 Å². The highest BCUT2D eigenvalue weighted by Crippen LogP contribution is 2.32. The van der Waals surface area contributed by atoms with Gasteiger partial charge in [0.25, 0.3) is 0 Å². The predicted octanol–water partition coefficient (Wildman–Crippen LogP) is 2.68. The van der Waals surface area contributed by atoms with Crippen LogP contribution in [0.3, 0.4) is 0 Å². The quantitative estimate of drug-likeness (QED) is 0.638. The lowest BCUT2D eigenvalue weighted by atomic mass is 10.4. The van der Waals surface area contributed by atoms with Crippen LogP contribution in [0.2, 0.25) is 4.47 Å². The molecule has 0 saturated carbocycles. The fraction of sp³-hybridized carbons (Fsp3) is 0.100. The van der Waals surface area contributed by atoms with Crippen molar-refractivity contribution in [2.24, 2.45) is 0 Å². The molecule has 0 N–H and O–H groups in total. The summed E-state index contributed by atoms with van der Waals surface area (Å²) in [6, 6.07) is 7.69. The molecule has 19 heavy (non-hydrogen) atoms. The van der Waals surface area contributed by atoms with Crippen LogP contribution in [0.15, 0.2) is 35.2 Å². The van der Waals surface area contributed by atoms with Crippen molar-refractivity contribution < 1.29 is 13.3 Å². The van der Waals surface area contributed by atoms with Gasteiger partial charge in [-0.15, -0.1) is 0 Å². The second-order valence-corrected chi connectivity index (χ2v) is 7.10. The third-order valence-corrected chi connectivity index (χ3v) is 5.04. The van der Waals surface area contributed by atoms with Crippen molar-refractivity contribution in [1.29, 1.82) is 0 Å². The maximum Gasteiger partial charge on any atom is 0.349 e. The Balaban J connectivity index is 2.39. The van der Waals surface area contributed by atoms with Crippen LogP contribution in [0, 0.1) is 10.1 Å². The van der Waals surface area contributed by atoms with Gasteiger partial charge in [0.05, 0.1) is 9.82 Å². The number of nitrogens with zero attached hydrogens (tertiary/aromatic N) is 2. The summed E-state index contributed by atoms with van der Waals surface area (Å²) in [6.07, 6.45) is 0. The molecule has 0 unspecified atom stereocenters. The Morgan fingerprint density at radius 2 is 1.95 bits per heavy atom. The van der Waals surface area contributed by atoms with Crippen LogP contribution in [0.25, 0.3) is 0 Å². The minimum absolute atomic E-state index is 0.0510. The molecule has 0 amide bonds. The first kappa shape index (κ1) is 13.9. The van der Waals surface area contributed by atoms with Crippen LogP contribution in [0.5, 0.6) is 0 Å². The van der Waals surface area contributed by atoms with Crippen molar-refractivity contribution in [2.75, 3.05) is 0 Å². The van der Waals surface area contributed by atoms with Crippen molar-refractivity contribution >= 4 is 37.8 Å². The van der Waals surface area contributed by atoms with Crippen molar-refractivity contribution in [1.82, 2.24) is 4.98 Å². The first-order valence-corrected chi connectivity index (χ1v) is 7.82. The number of rotatable bonds is 4. The molecule has 0 aliphatic carbocycles. The van der Waals surface area contributed by atoms with Crippen molar-refractivity contribution in [3.05, 3.63) is 50.6 Å². The fourth-order valence-corrected chi connectivity index (χ4v) is 3.78. The average molecular weight is 319 g/mol. The van der Waals surface area contributed by atoms with Gasteiger partial charge in [0, 0.05) is 0 Å². The molecule has 6 nitrogen and oxygen atoms in total. The van der Waals surface area contributed by atoms with Gasteiger partial charge in [-0.1, -0.05) is 29.8 Å². The van der Waals surface area contributed by atoms with E-state index in [4.69, 9.17) is 11.6 Å². The zero-order valence-corrected chi connectivity index (χ0v) is 11.7. The van der Waals surface area contributed by atoms with Crippen molar-refractivity contribution in [3.63, 3.8) is 0 Å². The summed E-state index contributed by atoms with van der Waals surface area (Å²) in [4.78, 5) is 13.9. The van der Waals surface area contributed by atoms with Crippen LogP contribution < -0.4 is 0 Å². The van der Waals surface area contributed by atoms with Gasteiger partial charge in [0.15, 0.2) is 14.3 Å². The summed E-state index contributed by atoms with van der Waals surface area (Å²) in [6.45, 7) is 0. The molecular formula is C10H7ClN2O4S2. The summed E-state index contributed by atoms with van der Waals surface area (Å²) >= 11 is 6.24. The van der Waals surface area contributed by atoms with E-state index in [0.29, 0.717) is 11.3 Å². The number of benzene rings is 1. The zero-order chi connectivity index (χ0) is 14.0. The van der Waals surface area contributed by atoms with E-state index in [2.05, 4.69) is 4.98 Å². The number of nitro groups is 1. The van der Waals surface area contributed by atoms with Gasteiger partial charge < -0.3 is 0 Å². The molecular weight excluding hydrogens is 312 g/mol. The first-order valence-electron chi connectivity index (χ1n) is 4.97. The monoisotopic (exact) mass is 318 g/mol. The predicted molar refractivity (Wildman–Crippen MR) is 71.1 cm³/mol. The van der Waals surface area contributed by atoms with E-state index < -0.39 is 20.5 Å². The first-order chi connectivity index (χ1) is 8.90. The maximum atomic E-state index is 12.1. The van der Waals surface area contributed by atoms with Crippen LogP contribution in [0.1, 0.15) is 5.69 Å². The lowest BCUT2D eigenvalue weighted by Crippen LogP contribution is -2.06. The lowest BCUT2D eigenvalue weighted by Gasteiger charge is -2.01. The van der Waals surface area contributed by atoms with Gasteiger partial charge in [0.2, 0.25) is 0 Å². The SMILES string of the molecule is O=[N+]([O-])c1sc(Cl)nc1CS(=O)(=O)c1ccccc1. The minimum Gasteiger partial charge on any atom is -0.257 e. The fourth-order valence-electron chi connectivity index (χ4n) is 1.44. The molecule has 0 atom stereocenters. The van der Waals surface area contributed by atoms with Gasteiger partial charge in [0.1, 0.15) is 11.4 Å². The number of thiazole rings is 1. The Morgan fingerprint density at radius 1 is 1.32 bits per heavy atom. The normalized spacial score (nSPS) is 11.4. The van der Waals surface area contributed by atoms with E-state index in [1.807, 2.05) is 0 Å². The summed E-state index contributed by atoms with van der Waals surface area (Å²) in [5.41, 5.74) is -0.135. The molecule has 0 fully saturated rings. The summed E-state index contributed by atoms with van der Waals surface area (Å²) in [5, 5.41) is 10.4. The Kier molecular flexibility index (Phi) is 3.83. The van der Waals surface area contributed by atoms with Crippen LogP contribution in [-0.4, -0.2) is 18.3 Å². The van der Waals surface area contributed by atoms with E-state index in [1.54, 1.807) is 18.2 Å². The van der Waals surface area contributed by atoms with Gasteiger partial charge >= 0.3 is 5.00 Å². The van der Waals surface area contributed by atoms with Crippen molar-refractivity contribution in [2.45, 2.75) is 10.6 Å². The Hall–Kier alpha value is -1.51. The second kappa shape index (κ2) is 5.24. The molecule has 0 bridgehead atoms. The molecule has 100 valence electrons. The highest BCUT2D eigenvalue weighted by atomic mass is 35.5. The van der Waals surface area contributed by atoms with Gasteiger partial charge in [-0.2, -0.15) is 0 Å². The van der Waals surface area contributed by atoms with Gasteiger partial charge in [-0.05, 0) is 23.5 Å². The Labute approximate surface area is 117 Å². The van der Waals surface area contributed by atoms with Gasteiger partial charge in [-0.25, -0.2) is 13.4 Å². The number of sulfone groups is 1. The second-order valence-electron chi connectivity index (χ2n) is 3.55. The van der Waals surface area contributed by atoms with Crippen molar-refractivity contribution in [3.8, 4) is 0 Å². The minimum atomic E-state index is -3.67. The average Bonchev–Trinajstić information content (AvgIpc) is 2.71. The molecule has 0 spiro atoms. The molecule has 0 aliphatic rings. The van der Waals surface area contributed by atoms with E-state index in [1.165, 1.54) is 12.1 Å². The Bertz CT molecular complexity index is 712. The molecule has 1 heterocycles. The highest BCUT2D eigenvalue weighted by molar-refractivity contribution is 7.90. The lowest BCUT2D eigenvalue weighted by molar-refractivity contribution is -0.381. The molecule has 0 radical (unpaired) electrons. The standard InChI is InChI=1S/C10H7ClN2O4S2/c11-10-12-8(9(18-10)13(14)15)6-19(16,17)7-4-2-1-3-5-7/h1-5H,6H2. The number of hydrogen-bond acceptors (Lipinski definition) is 6. The molecule has 2 aromatic rings. The molecule has 9 heteroatoms. The largest absolute Gasteiger partial charge is 0.349 e. The van der Waals surface area contributed by atoms with Crippen LogP contribution >= 0.6 is 22.9 Å². The molecule has 1 aromatic heterocycles. The zero-order valence-electron chi connectivity index (χ0n) is 9.32. The third kappa shape index (κ3) is 3.09. The topological polar surface area (TPSA) is 90.2 Å². The summed E-state index contributed by atoms with van der Waals surface area (Å²) in [5.74, 6) is -0.545. The van der Waals surface area contributed by atoms with E-state index in [9.17, 15) is 18.5 Å². The molecule has 1 aromatic carbocycles. The van der Waals surface area contributed by atoms with E-state index >= 15 is 0 Å². The maximum absolute atomic E-state index is 12.1. The number of hydrogen-bond donors (Lipinski definition) is 0. The van der Waals surface area contributed by atoms with Crippen LogP contribution in [-0.2, 0) is 15.6 Å². The third-order valence-electron chi connectivity index (χ3n) is 2.25. The van der Waals surface area contributed by atoms with Gasteiger partial charge in [-0.3, -0.25) is 10.1 Å². The number of aromatic nitrogens is 1. The molecule has 0 saturated heterocycles. The van der Waals surface area contributed by atoms with Crippen LogP contribution in [0.4, 0.5) is 5.00 Å². The smallest absolute Gasteiger partial charge is 0.257 e. The Morgan fingerprint density at radius 3 is 2.53 bits per heavy atom. The molecule has 0 aliphatic heterocycles. The van der Waals surface area contributed by atoms with E-state index in [0.717, 1.165) is 0 Å². The highest BCUT2D eigenvalue weighted by Gasteiger charge is 2.26. The summed E-state index contributed by atoms with van der Waals surface area (Å²) < 4.78 is 24.1.